The van der Waals surface area contributed by atoms with Gasteiger partial charge >= 0.3 is 0 Å². The number of aromatic nitrogens is 1. The second-order valence-electron chi connectivity index (χ2n) is 5.60. The fourth-order valence-corrected chi connectivity index (χ4v) is 3.49. The maximum absolute atomic E-state index is 13.2. The van der Waals surface area contributed by atoms with Gasteiger partial charge in [-0.2, -0.15) is 0 Å². The number of halogens is 3. The third kappa shape index (κ3) is 4.96. The lowest BCUT2D eigenvalue weighted by atomic mass is 10.1. The molecule has 1 aliphatic rings. The van der Waals surface area contributed by atoms with Crippen LogP contribution in [0.2, 0.25) is 0 Å². The Hall–Kier alpha value is -1.57. The molecule has 1 unspecified atom stereocenters. The van der Waals surface area contributed by atoms with E-state index in [0.717, 1.165) is 30.3 Å². The maximum atomic E-state index is 13.2. The van der Waals surface area contributed by atoms with Crippen LogP contribution in [0.1, 0.15) is 29.7 Å². The highest BCUT2D eigenvalue weighted by atomic mass is 35.5. The van der Waals surface area contributed by atoms with Crippen molar-refractivity contribution >= 4 is 34.8 Å². The summed E-state index contributed by atoms with van der Waals surface area (Å²) in [6, 6.07) is 4.08. The zero-order chi connectivity index (χ0) is 16.2. The fraction of sp³-hybridized carbons (Fsp3) is 0.375. The van der Waals surface area contributed by atoms with Crippen molar-refractivity contribution in [2.75, 3.05) is 11.9 Å². The number of amides is 1. The van der Waals surface area contributed by atoms with Crippen LogP contribution in [0, 0.1) is 11.6 Å². The van der Waals surface area contributed by atoms with Gasteiger partial charge in [-0.3, -0.25) is 4.79 Å². The van der Waals surface area contributed by atoms with Crippen molar-refractivity contribution in [2.45, 2.75) is 31.7 Å². The first-order valence-corrected chi connectivity index (χ1v) is 8.33. The molecule has 1 aromatic carbocycles. The number of thiazole rings is 1. The third-order valence-corrected chi connectivity index (χ3v) is 4.67. The van der Waals surface area contributed by atoms with Crippen LogP contribution in [0.4, 0.5) is 13.9 Å². The molecule has 0 saturated carbocycles. The molecule has 0 radical (unpaired) electrons. The average molecular weight is 374 g/mol. The van der Waals surface area contributed by atoms with Crippen molar-refractivity contribution in [3.8, 4) is 0 Å². The fourth-order valence-electron chi connectivity index (χ4n) is 2.62. The van der Waals surface area contributed by atoms with Crippen LogP contribution in [0.3, 0.4) is 0 Å². The Morgan fingerprint density at radius 3 is 2.92 bits per heavy atom. The predicted molar refractivity (Wildman–Crippen MR) is 92.8 cm³/mol. The number of hydrogen-bond acceptors (Lipinski definition) is 4. The summed E-state index contributed by atoms with van der Waals surface area (Å²) in [5, 5.41) is 6.60. The number of nitrogens with one attached hydrogen (secondary N) is 2. The number of nitrogens with zero attached hydrogens (tertiary/aromatic N) is 1. The van der Waals surface area contributed by atoms with Crippen LogP contribution >= 0.6 is 23.7 Å². The standard InChI is InChI=1S/C16H17F2N3OS.ClH/c17-13-4-3-10(7-14(13)18)6-12-9-20-16(23-12)21-15(22)8-11-2-1-5-19-11;/h3-4,7,9,11,19H,1-2,5-6,8H2,(H,20,21,22);1H. The molecule has 2 N–H and O–H groups in total. The second-order valence-corrected chi connectivity index (χ2v) is 6.72. The van der Waals surface area contributed by atoms with Gasteiger partial charge < -0.3 is 10.6 Å². The summed E-state index contributed by atoms with van der Waals surface area (Å²) in [7, 11) is 0. The summed E-state index contributed by atoms with van der Waals surface area (Å²) in [6.45, 7) is 0.966. The van der Waals surface area contributed by atoms with Gasteiger partial charge in [0, 0.05) is 30.0 Å². The Labute approximate surface area is 149 Å². The zero-order valence-electron chi connectivity index (χ0n) is 12.9. The summed E-state index contributed by atoms with van der Waals surface area (Å²) < 4.78 is 26.1. The average Bonchev–Trinajstić information content (AvgIpc) is 3.15. The lowest BCUT2D eigenvalue weighted by Gasteiger charge is -2.08. The molecule has 0 aliphatic carbocycles. The molecule has 1 atom stereocenters. The van der Waals surface area contributed by atoms with E-state index in [1.165, 1.54) is 17.4 Å². The first kappa shape index (κ1) is 18.8. The van der Waals surface area contributed by atoms with E-state index in [0.29, 0.717) is 23.5 Å². The first-order valence-electron chi connectivity index (χ1n) is 7.52. The molecule has 8 heteroatoms. The smallest absolute Gasteiger partial charge is 0.227 e. The summed E-state index contributed by atoms with van der Waals surface area (Å²) in [6.07, 6.45) is 4.67. The molecular weight excluding hydrogens is 356 g/mol. The van der Waals surface area contributed by atoms with E-state index in [1.807, 2.05) is 0 Å². The highest BCUT2D eigenvalue weighted by Gasteiger charge is 2.18. The van der Waals surface area contributed by atoms with Crippen LogP contribution in [0.15, 0.2) is 24.4 Å². The Balaban J connectivity index is 0.00000208. The number of rotatable bonds is 5. The first-order chi connectivity index (χ1) is 11.1. The lowest BCUT2D eigenvalue weighted by molar-refractivity contribution is -0.116. The van der Waals surface area contributed by atoms with Gasteiger partial charge in [-0.15, -0.1) is 23.7 Å². The highest BCUT2D eigenvalue weighted by Crippen LogP contribution is 2.22. The minimum absolute atomic E-state index is 0. The summed E-state index contributed by atoms with van der Waals surface area (Å²) in [4.78, 5) is 17.0. The number of benzene rings is 1. The van der Waals surface area contributed by atoms with Gasteiger partial charge in [-0.05, 0) is 37.1 Å². The van der Waals surface area contributed by atoms with Crippen LogP contribution in [-0.4, -0.2) is 23.5 Å². The van der Waals surface area contributed by atoms with E-state index in [-0.39, 0.29) is 24.4 Å². The summed E-state index contributed by atoms with van der Waals surface area (Å²) in [5.41, 5.74) is 0.667. The maximum Gasteiger partial charge on any atom is 0.227 e. The molecule has 1 saturated heterocycles. The van der Waals surface area contributed by atoms with Crippen LogP contribution < -0.4 is 10.6 Å². The largest absolute Gasteiger partial charge is 0.313 e. The van der Waals surface area contributed by atoms with Crippen molar-refractivity contribution < 1.29 is 13.6 Å². The molecule has 1 fully saturated rings. The Morgan fingerprint density at radius 2 is 2.21 bits per heavy atom. The minimum atomic E-state index is -0.857. The Morgan fingerprint density at radius 1 is 1.38 bits per heavy atom. The number of anilines is 1. The van der Waals surface area contributed by atoms with Gasteiger partial charge in [0.1, 0.15) is 0 Å². The quantitative estimate of drug-likeness (QED) is 0.843. The summed E-state index contributed by atoms with van der Waals surface area (Å²) >= 11 is 1.34. The molecule has 2 aromatic rings. The lowest BCUT2D eigenvalue weighted by Crippen LogP contribution is -2.27. The monoisotopic (exact) mass is 373 g/mol. The highest BCUT2D eigenvalue weighted by molar-refractivity contribution is 7.15. The number of carbonyl (C=O) groups is 1. The Kier molecular flexibility index (Phi) is 6.65. The van der Waals surface area contributed by atoms with E-state index >= 15 is 0 Å². The third-order valence-electron chi connectivity index (χ3n) is 3.76. The van der Waals surface area contributed by atoms with Crippen molar-refractivity contribution in [3.63, 3.8) is 0 Å². The SMILES string of the molecule is Cl.O=C(CC1CCCN1)Nc1ncc(Cc2ccc(F)c(F)c2)s1. The van der Waals surface area contributed by atoms with Crippen LogP contribution in [0.5, 0.6) is 0 Å². The van der Waals surface area contributed by atoms with Gasteiger partial charge in [0.15, 0.2) is 16.8 Å². The van der Waals surface area contributed by atoms with Crippen molar-refractivity contribution in [3.05, 3.63) is 46.5 Å². The second kappa shape index (κ2) is 8.50. The molecule has 2 heterocycles. The Bertz CT molecular complexity index is 704. The van der Waals surface area contributed by atoms with Gasteiger partial charge in [-0.25, -0.2) is 13.8 Å². The van der Waals surface area contributed by atoms with Gasteiger partial charge in [0.05, 0.1) is 0 Å². The topological polar surface area (TPSA) is 54.0 Å². The predicted octanol–water partition coefficient (Wildman–Crippen LogP) is 3.51. The number of carbonyl (C=O) groups excluding carboxylic acids is 1. The molecule has 0 spiro atoms. The molecule has 24 heavy (non-hydrogen) atoms. The molecule has 1 aromatic heterocycles. The van der Waals surface area contributed by atoms with E-state index in [9.17, 15) is 13.6 Å². The van der Waals surface area contributed by atoms with Gasteiger partial charge in [-0.1, -0.05) is 6.07 Å². The molecule has 1 aliphatic heterocycles. The van der Waals surface area contributed by atoms with Crippen molar-refractivity contribution in [2.24, 2.45) is 0 Å². The van der Waals surface area contributed by atoms with Gasteiger partial charge in [0.2, 0.25) is 5.91 Å². The molecule has 1 amide bonds. The summed E-state index contributed by atoms with van der Waals surface area (Å²) in [5.74, 6) is -1.77. The van der Waals surface area contributed by atoms with Crippen molar-refractivity contribution in [1.82, 2.24) is 10.3 Å². The van der Waals surface area contributed by atoms with Crippen LogP contribution in [-0.2, 0) is 11.2 Å². The number of hydrogen-bond donors (Lipinski definition) is 2. The van der Waals surface area contributed by atoms with E-state index in [2.05, 4.69) is 15.6 Å². The van der Waals surface area contributed by atoms with Crippen LogP contribution in [0.25, 0.3) is 0 Å². The minimum Gasteiger partial charge on any atom is -0.313 e. The normalized spacial score (nSPS) is 16.7. The van der Waals surface area contributed by atoms with E-state index in [1.54, 1.807) is 12.3 Å². The van der Waals surface area contributed by atoms with Gasteiger partial charge in [0.25, 0.3) is 0 Å². The molecule has 3 rings (SSSR count). The molecule has 130 valence electrons. The zero-order valence-corrected chi connectivity index (χ0v) is 14.5. The van der Waals surface area contributed by atoms with E-state index < -0.39 is 11.6 Å². The molecule has 4 nitrogen and oxygen atoms in total. The van der Waals surface area contributed by atoms with Crippen molar-refractivity contribution in [1.29, 1.82) is 0 Å². The van der Waals surface area contributed by atoms with E-state index in [4.69, 9.17) is 0 Å². The molecule has 0 bridgehead atoms. The molecular formula is C16H18ClF2N3OS.